The third-order valence-corrected chi connectivity index (χ3v) is 5.11. The van der Waals surface area contributed by atoms with Crippen molar-refractivity contribution < 1.29 is 9.53 Å². The van der Waals surface area contributed by atoms with E-state index in [4.69, 9.17) is 9.73 Å². The number of rotatable bonds is 6. The highest BCUT2D eigenvalue weighted by atomic mass is 127. The van der Waals surface area contributed by atoms with Gasteiger partial charge in [-0.15, -0.1) is 24.0 Å². The second-order valence-electron chi connectivity index (χ2n) is 7.68. The van der Waals surface area contributed by atoms with Gasteiger partial charge in [-0.25, -0.2) is 4.99 Å². The number of hydrogen-bond acceptors (Lipinski definition) is 3. The number of carbonyl (C=O) groups is 1. The van der Waals surface area contributed by atoms with Crippen LogP contribution in [0, 0.1) is 12.8 Å². The number of carbonyl (C=O) groups excluding carboxylic acids is 1. The fourth-order valence-corrected chi connectivity index (χ4v) is 3.38. The minimum absolute atomic E-state index is 0. The molecule has 6 nitrogen and oxygen atoms in total. The van der Waals surface area contributed by atoms with Crippen molar-refractivity contribution in [2.75, 3.05) is 27.7 Å². The Bertz CT molecular complexity index is 664. The van der Waals surface area contributed by atoms with E-state index in [1.54, 1.807) is 26.1 Å². The van der Waals surface area contributed by atoms with E-state index in [2.05, 4.69) is 23.6 Å². The van der Waals surface area contributed by atoms with Crippen LogP contribution in [0.1, 0.15) is 43.7 Å². The highest BCUT2D eigenvalue weighted by molar-refractivity contribution is 14.0. The summed E-state index contributed by atoms with van der Waals surface area (Å²) in [5, 5.41) is 6.75. The van der Waals surface area contributed by atoms with Gasteiger partial charge in [-0.05, 0) is 48.9 Å². The summed E-state index contributed by atoms with van der Waals surface area (Å²) >= 11 is 0. The minimum Gasteiger partial charge on any atom is -0.497 e. The predicted molar refractivity (Wildman–Crippen MR) is 126 cm³/mol. The van der Waals surface area contributed by atoms with E-state index in [1.165, 1.54) is 19.3 Å². The average molecular weight is 502 g/mol. The molecule has 2 N–H and O–H groups in total. The molecule has 158 valence electrons. The van der Waals surface area contributed by atoms with Gasteiger partial charge in [0.15, 0.2) is 5.96 Å². The number of aryl methyl sites for hydroxylation is 1. The zero-order chi connectivity index (χ0) is 19.8. The molecule has 0 bridgehead atoms. The van der Waals surface area contributed by atoms with Crippen molar-refractivity contribution in [3.8, 4) is 5.75 Å². The lowest BCUT2D eigenvalue weighted by atomic mass is 9.86. The van der Waals surface area contributed by atoms with Crippen LogP contribution in [0.15, 0.2) is 23.2 Å². The monoisotopic (exact) mass is 502 g/mol. The van der Waals surface area contributed by atoms with Gasteiger partial charge in [0, 0.05) is 20.1 Å². The maximum Gasteiger partial charge on any atom is 0.241 e. The molecule has 0 aromatic heterocycles. The van der Waals surface area contributed by atoms with Crippen LogP contribution in [0.25, 0.3) is 0 Å². The summed E-state index contributed by atoms with van der Waals surface area (Å²) in [6.45, 7) is 5.10. The Kier molecular flexibility index (Phi) is 10.6. The number of hydrogen-bond donors (Lipinski definition) is 2. The largest absolute Gasteiger partial charge is 0.497 e. The molecule has 2 atom stereocenters. The Labute approximate surface area is 186 Å². The molecule has 28 heavy (non-hydrogen) atoms. The van der Waals surface area contributed by atoms with Crippen molar-refractivity contribution in [3.63, 3.8) is 0 Å². The molecule has 0 spiro atoms. The maximum absolute atomic E-state index is 12.0. The van der Waals surface area contributed by atoms with Crippen LogP contribution in [0.4, 0.5) is 0 Å². The van der Waals surface area contributed by atoms with Crippen molar-refractivity contribution in [1.82, 2.24) is 15.5 Å². The van der Waals surface area contributed by atoms with E-state index in [0.29, 0.717) is 24.5 Å². The SMILES string of the molecule is COc1cc(C)cc(CN=C(NCC(=O)N(C)C)NC2CCCCC2C)c1.I. The molecule has 1 aliphatic rings. The first-order chi connectivity index (χ1) is 12.9. The van der Waals surface area contributed by atoms with Gasteiger partial charge in [-0.3, -0.25) is 4.79 Å². The van der Waals surface area contributed by atoms with Gasteiger partial charge >= 0.3 is 0 Å². The summed E-state index contributed by atoms with van der Waals surface area (Å²) in [6, 6.07) is 6.51. The van der Waals surface area contributed by atoms with Crippen LogP contribution < -0.4 is 15.4 Å². The van der Waals surface area contributed by atoms with E-state index < -0.39 is 0 Å². The molecular formula is C21H35IN4O2. The molecule has 1 aromatic rings. The quantitative estimate of drug-likeness (QED) is 0.356. The molecule has 0 heterocycles. The minimum atomic E-state index is 0. The van der Waals surface area contributed by atoms with Crippen LogP contribution in [0.2, 0.25) is 0 Å². The summed E-state index contributed by atoms with van der Waals surface area (Å²) in [7, 11) is 5.20. The average Bonchev–Trinajstić information content (AvgIpc) is 2.64. The molecule has 2 rings (SSSR count). The van der Waals surface area contributed by atoms with Crippen LogP contribution in [0.5, 0.6) is 5.75 Å². The molecule has 0 radical (unpaired) electrons. The number of amides is 1. The highest BCUT2D eigenvalue weighted by Crippen LogP contribution is 2.23. The Morgan fingerprint density at radius 3 is 2.61 bits per heavy atom. The zero-order valence-electron chi connectivity index (χ0n) is 17.7. The number of guanidine groups is 1. The van der Waals surface area contributed by atoms with E-state index in [0.717, 1.165) is 23.3 Å². The molecular weight excluding hydrogens is 467 g/mol. The summed E-state index contributed by atoms with van der Waals surface area (Å²) in [6.07, 6.45) is 4.90. The van der Waals surface area contributed by atoms with Gasteiger partial charge in [0.05, 0.1) is 20.2 Å². The third-order valence-electron chi connectivity index (χ3n) is 5.11. The first-order valence-corrected chi connectivity index (χ1v) is 9.78. The number of halogens is 1. The molecule has 7 heteroatoms. The normalized spacial score (nSPS) is 19.4. The van der Waals surface area contributed by atoms with Gasteiger partial charge in [0.25, 0.3) is 0 Å². The van der Waals surface area contributed by atoms with Crippen LogP contribution in [-0.2, 0) is 11.3 Å². The van der Waals surface area contributed by atoms with Crippen LogP contribution in [-0.4, -0.2) is 50.6 Å². The second kappa shape index (κ2) is 12.1. The van der Waals surface area contributed by atoms with Crippen LogP contribution in [0.3, 0.4) is 0 Å². The number of benzene rings is 1. The Hall–Kier alpha value is -1.51. The molecule has 1 aromatic carbocycles. The molecule has 2 unspecified atom stereocenters. The van der Waals surface area contributed by atoms with Crippen LogP contribution >= 0.6 is 24.0 Å². The Morgan fingerprint density at radius 2 is 1.96 bits per heavy atom. The fraction of sp³-hybridized carbons (Fsp3) is 0.619. The Morgan fingerprint density at radius 1 is 1.25 bits per heavy atom. The topological polar surface area (TPSA) is 66.0 Å². The number of nitrogens with zero attached hydrogens (tertiary/aromatic N) is 2. The van der Waals surface area contributed by atoms with Gasteiger partial charge < -0.3 is 20.3 Å². The lowest BCUT2D eigenvalue weighted by Crippen LogP contribution is -2.49. The smallest absolute Gasteiger partial charge is 0.241 e. The highest BCUT2D eigenvalue weighted by Gasteiger charge is 2.22. The first-order valence-electron chi connectivity index (χ1n) is 9.78. The number of aliphatic imine (C=N–C) groups is 1. The van der Waals surface area contributed by atoms with Gasteiger partial charge in [-0.2, -0.15) is 0 Å². The van der Waals surface area contributed by atoms with Crippen molar-refractivity contribution in [2.24, 2.45) is 10.9 Å². The molecule has 1 aliphatic carbocycles. The summed E-state index contributed by atoms with van der Waals surface area (Å²) in [5.74, 6) is 2.17. The summed E-state index contributed by atoms with van der Waals surface area (Å²) in [5.41, 5.74) is 2.23. The number of methoxy groups -OCH3 is 1. The maximum atomic E-state index is 12.0. The van der Waals surface area contributed by atoms with Crippen molar-refractivity contribution >= 4 is 35.8 Å². The summed E-state index contributed by atoms with van der Waals surface area (Å²) in [4.78, 5) is 18.3. The molecule has 1 saturated carbocycles. The second-order valence-corrected chi connectivity index (χ2v) is 7.68. The van der Waals surface area contributed by atoms with E-state index in [-0.39, 0.29) is 36.4 Å². The number of ether oxygens (including phenoxy) is 1. The fourth-order valence-electron chi connectivity index (χ4n) is 3.38. The van der Waals surface area contributed by atoms with E-state index >= 15 is 0 Å². The predicted octanol–water partition coefficient (Wildman–Crippen LogP) is 3.32. The number of likely N-dealkylation sites (N-methyl/N-ethyl adjacent to an activating group) is 1. The van der Waals surface area contributed by atoms with E-state index in [1.807, 2.05) is 19.1 Å². The Balaban J connectivity index is 0.00000392. The van der Waals surface area contributed by atoms with Crippen molar-refractivity contribution in [3.05, 3.63) is 29.3 Å². The lowest BCUT2D eigenvalue weighted by molar-refractivity contribution is -0.127. The van der Waals surface area contributed by atoms with Crippen molar-refractivity contribution in [1.29, 1.82) is 0 Å². The molecule has 1 fully saturated rings. The van der Waals surface area contributed by atoms with Gasteiger partial charge in [0.2, 0.25) is 5.91 Å². The van der Waals surface area contributed by atoms with E-state index in [9.17, 15) is 4.79 Å². The first kappa shape index (κ1) is 24.5. The van der Waals surface area contributed by atoms with Crippen molar-refractivity contribution in [2.45, 2.75) is 52.1 Å². The summed E-state index contributed by atoms with van der Waals surface area (Å²) < 4.78 is 5.35. The number of nitrogens with one attached hydrogen (secondary N) is 2. The third kappa shape index (κ3) is 7.85. The molecule has 0 aliphatic heterocycles. The molecule has 0 saturated heterocycles. The lowest BCUT2D eigenvalue weighted by Gasteiger charge is -2.31. The molecule has 1 amide bonds. The van der Waals surface area contributed by atoms with Gasteiger partial charge in [0.1, 0.15) is 5.75 Å². The van der Waals surface area contributed by atoms with Gasteiger partial charge in [-0.1, -0.05) is 25.8 Å². The standard InChI is InChI=1S/C21H34N4O2.HI/c1-15-10-17(12-18(11-15)27-5)13-22-21(23-14-20(26)25(3)4)24-19-9-7-6-8-16(19)2;/h10-12,16,19H,6-9,13-14H2,1-5H3,(H2,22,23,24);1H. The zero-order valence-corrected chi connectivity index (χ0v) is 20.1.